The number of aromatic nitrogens is 2. The van der Waals surface area contributed by atoms with E-state index in [-0.39, 0.29) is 17.0 Å². The molecule has 0 atom stereocenters. The fourth-order valence-corrected chi connectivity index (χ4v) is 5.12. The minimum Gasteiger partial charge on any atom is -0.478 e. The van der Waals surface area contributed by atoms with Crippen LogP contribution >= 0.6 is 0 Å². The number of carboxylic acid groups (broad SMARTS) is 1. The van der Waals surface area contributed by atoms with Crippen LogP contribution in [0.2, 0.25) is 0 Å². The third-order valence-corrected chi connectivity index (χ3v) is 6.81. The predicted molar refractivity (Wildman–Crippen MR) is 102 cm³/mol. The first-order valence-corrected chi connectivity index (χ1v) is 10.6. The first-order chi connectivity index (χ1) is 12.7. The van der Waals surface area contributed by atoms with Crippen molar-refractivity contribution >= 4 is 16.0 Å². The number of sulfonamides is 1. The van der Waals surface area contributed by atoms with Crippen molar-refractivity contribution in [3.63, 3.8) is 0 Å². The number of fused-ring (bicyclic) bond motifs is 1. The standard InChI is InChI=1S/C19H25N3O4S/c1-12-16(13(2)22(3)21-12)8-9-20-27(25,26)18-11-15(19(23)24)10-14-6-4-5-7-17(14)18/h10-11,20H,4-9H2,1-3H3,(H,23,24). The Kier molecular flexibility index (Phi) is 5.39. The molecule has 1 aliphatic carbocycles. The Bertz CT molecular complexity index is 993. The molecule has 0 unspecified atom stereocenters. The zero-order chi connectivity index (χ0) is 19.8. The number of hydrogen-bond donors (Lipinski definition) is 2. The van der Waals surface area contributed by atoms with Crippen molar-refractivity contribution in [2.75, 3.05) is 6.54 Å². The molecule has 2 N–H and O–H groups in total. The quantitative estimate of drug-likeness (QED) is 0.786. The van der Waals surface area contributed by atoms with Gasteiger partial charge >= 0.3 is 5.97 Å². The Hall–Kier alpha value is -2.19. The molecule has 0 aliphatic heterocycles. The number of hydrogen-bond acceptors (Lipinski definition) is 4. The van der Waals surface area contributed by atoms with Crippen molar-refractivity contribution < 1.29 is 18.3 Å². The monoisotopic (exact) mass is 391 g/mol. The van der Waals surface area contributed by atoms with E-state index in [0.717, 1.165) is 40.9 Å². The molecule has 0 radical (unpaired) electrons. The van der Waals surface area contributed by atoms with E-state index in [4.69, 9.17) is 0 Å². The Morgan fingerprint density at radius 1 is 1.26 bits per heavy atom. The van der Waals surface area contributed by atoms with Crippen molar-refractivity contribution in [3.05, 3.63) is 45.8 Å². The average Bonchev–Trinajstić information content (AvgIpc) is 2.86. The van der Waals surface area contributed by atoms with Crippen LogP contribution in [0.5, 0.6) is 0 Å². The van der Waals surface area contributed by atoms with Gasteiger partial charge in [-0.1, -0.05) is 0 Å². The molecular weight excluding hydrogens is 366 g/mol. The van der Waals surface area contributed by atoms with E-state index in [2.05, 4.69) is 9.82 Å². The van der Waals surface area contributed by atoms with Gasteiger partial charge in [0.15, 0.2) is 0 Å². The predicted octanol–water partition coefficient (Wildman–Crippen LogP) is 2.13. The first-order valence-electron chi connectivity index (χ1n) is 9.08. The Morgan fingerprint density at radius 2 is 1.96 bits per heavy atom. The molecule has 1 aromatic heterocycles. The van der Waals surface area contributed by atoms with Gasteiger partial charge in [0.2, 0.25) is 10.0 Å². The van der Waals surface area contributed by atoms with Crippen molar-refractivity contribution in [2.45, 2.75) is 50.8 Å². The summed E-state index contributed by atoms with van der Waals surface area (Å²) in [5.74, 6) is -1.11. The number of aryl methyl sites for hydroxylation is 3. The summed E-state index contributed by atoms with van der Waals surface area (Å²) in [5.41, 5.74) is 4.54. The molecule has 7 nitrogen and oxygen atoms in total. The molecule has 8 heteroatoms. The number of carboxylic acids is 1. The van der Waals surface area contributed by atoms with Gasteiger partial charge in [-0.3, -0.25) is 4.68 Å². The van der Waals surface area contributed by atoms with Gasteiger partial charge in [0.1, 0.15) is 0 Å². The van der Waals surface area contributed by atoms with Gasteiger partial charge in [-0.25, -0.2) is 17.9 Å². The van der Waals surface area contributed by atoms with Crippen LogP contribution in [-0.4, -0.2) is 35.8 Å². The van der Waals surface area contributed by atoms with Gasteiger partial charge in [-0.2, -0.15) is 5.10 Å². The van der Waals surface area contributed by atoms with Crippen LogP contribution in [0.1, 0.15) is 51.3 Å². The normalized spacial score (nSPS) is 14.2. The highest BCUT2D eigenvalue weighted by molar-refractivity contribution is 7.89. The second-order valence-corrected chi connectivity index (χ2v) is 8.78. The zero-order valence-electron chi connectivity index (χ0n) is 15.9. The minimum atomic E-state index is -3.79. The molecule has 0 saturated carbocycles. The van der Waals surface area contributed by atoms with Gasteiger partial charge in [-0.05, 0) is 74.8 Å². The molecule has 146 valence electrons. The zero-order valence-corrected chi connectivity index (χ0v) is 16.7. The fraction of sp³-hybridized carbons (Fsp3) is 0.474. The second kappa shape index (κ2) is 7.44. The van der Waals surface area contributed by atoms with Crippen LogP contribution in [0, 0.1) is 13.8 Å². The van der Waals surface area contributed by atoms with Gasteiger partial charge < -0.3 is 5.11 Å². The van der Waals surface area contributed by atoms with Gasteiger partial charge in [0.05, 0.1) is 16.2 Å². The van der Waals surface area contributed by atoms with Crippen LogP contribution in [0.25, 0.3) is 0 Å². The summed E-state index contributed by atoms with van der Waals surface area (Å²) in [4.78, 5) is 11.5. The van der Waals surface area contributed by atoms with E-state index in [0.29, 0.717) is 19.3 Å². The van der Waals surface area contributed by atoms with E-state index in [9.17, 15) is 18.3 Å². The molecule has 0 saturated heterocycles. The van der Waals surface area contributed by atoms with Crippen molar-refractivity contribution in [2.24, 2.45) is 7.05 Å². The molecule has 3 rings (SSSR count). The maximum atomic E-state index is 12.9. The summed E-state index contributed by atoms with van der Waals surface area (Å²) >= 11 is 0. The van der Waals surface area contributed by atoms with Crippen LogP contribution in [0.3, 0.4) is 0 Å². The van der Waals surface area contributed by atoms with Crippen LogP contribution in [0.15, 0.2) is 17.0 Å². The Labute approximate surface area is 159 Å². The van der Waals surface area contributed by atoms with E-state index < -0.39 is 16.0 Å². The maximum absolute atomic E-state index is 12.9. The lowest BCUT2D eigenvalue weighted by Gasteiger charge is -2.20. The summed E-state index contributed by atoms with van der Waals surface area (Å²) in [5, 5.41) is 13.7. The number of nitrogens with zero attached hydrogens (tertiary/aromatic N) is 2. The lowest BCUT2D eigenvalue weighted by atomic mass is 9.90. The molecule has 0 fully saturated rings. The molecule has 0 amide bonds. The highest BCUT2D eigenvalue weighted by Gasteiger charge is 2.25. The summed E-state index contributed by atoms with van der Waals surface area (Å²) in [6, 6.07) is 2.90. The number of nitrogens with one attached hydrogen (secondary N) is 1. The molecule has 27 heavy (non-hydrogen) atoms. The lowest BCUT2D eigenvalue weighted by molar-refractivity contribution is 0.0696. The molecule has 0 bridgehead atoms. The van der Waals surface area contributed by atoms with Crippen molar-refractivity contribution in [1.82, 2.24) is 14.5 Å². The molecule has 2 aromatic rings. The first kappa shape index (κ1) is 19.6. The SMILES string of the molecule is Cc1nn(C)c(C)c1CCNS(=O)(=O)c1cc(C(=O)O)cc2c1CCCC2. The molecule has 0 spiro atoms. The highest BCUT2D eigenvalue weighted by atomic mass is 32.2. The summed E-state index contributed by atoms with van der Waals surface area (Å²) in [7, 11) is -1.93. The average molecular weight is 391 g/mol. The van der Waals surface area contributed by atoms with Gasteiger partial charge in [-0.15, -0.1) is 0 Å². The van der Waals surface area contributed by atoms with E-state index in [1.165, 1.54) is 6.07 Å². The van der Waals surface area contributed by atoms with Gasteiger partial charge in [0, 0.05) is 19.3 Å². The van der Waals surface area contributed by atoms with Crippen molar-refractivity contribution in [3.8, 4) is 0 Å². The summed E-state index contributed by atoms with van der Waals surface area (Å²) in [6.45, 7) is 4.10. The number of carbonyl (C=O) groups is 1. The summed E-state index contributed by atoms with van der Waals surface area (Å²) in [6.07, 6.45) is 3.77. The molecular formula is C19H25N3O4S. The van der Waals surface area contributed by atoms with Crippen LogP contribution < -0.4 is 4.72 Å². The van der Waals surface area contributed by atoms with E-state index >= 15 is 0 Å². The molecule has 1 aromatic carbocycles. The number of rotatable bonds is 6. The van der Waals surface area contributed by atoms with Crippen LogP contribution in [0.4, 0.5) is 0 Å². The molecule has 1 aliphatic rings. The third-order valence-electron chi connectivity index (χ3n) is 5.29. The minimum absolute atomic E-state index is 0.0231. The number of benzene rings is 1. The molecule has 1 heterocycles. The van der Waals surface area contributed by atoms with E-state index in [1.54, 1.807) is 10.7 Å². The Morgan fingerprint density at radius 3 is 2.59 bits per heavy atom. The summed E-state index contributed by atoms with van der Waals surface area (Å²) < 4.78 is 30.3. The van der Waals surface area contributed by atoms with Crippen LogP contribution in [-0.2, 0) is 36.3 Å². The largest absolute Gasteiger partial charge is 0.478 e. The Balaban J connectivity index is 1.86. The topological polar surface area (TPSA) is 101 Å². The second-order valence-electron chi connectivity index (χ2n) is 7.05. The van der Waals surface area contributed by atoms with Crippen molar-refractivity contribution in [1.29, 1.82) is 0 Å². The van der Waals surface area contributed by atoms with E-state index in [1.807, 2.05) is 20.9 Å². The van der Waals surface area contributed by atoms with Gasteiger partial charge in [0.25, 0.3) is 0 Å². The third kappa shape index (κ3) is 3.91. The lowest BCUT2D eigenvalue weighted by Crippen LogP contribution is -2.28. The number of aromatic carboxylic acids is 1. The smallest absolute Gasteiger partial charge is 0.335 e. The fourth-order valence-electron chi connectivity index (χ4n) is 3.76. The highest BCUT2D eigenvalue weighted by Crippen LogP contribution is 2.29. The maximum Gasteiger partial charge on any atom is 0.335 e.